The molecule has 7 heteroatoms. The first-order valence-electron chi connectivity index (χ1n) is 16.4. The number of esters is 2. The van der Waals surface area contributed by atoms with Crippen LogP contribution in [0.3, 0.4) is 0 Å². The number of rotatable bonds is 22. The highest BCUT2D eigenvalue weighted by Crippen LogP contribution is 2.44. The number of carbonyl (C=O) groups excluding carboxylic acids is 2. The van der Waals surface area contributed by atoms with E-state index in [1.165, 1.54) is 51.4 Å². The van der Waals surface area contributed by atoms with Gasteiger partial charge in [-0.05, 0) is 64.2 Å². The Morgan fingerprint density at radius 2 is 0.923 bits per heavy atom. The summed E-state index contributed by atoms with van der Waals surface area (Å²) < 4.78 is 28.4. The Hall–Kier alpha value is -1.18. The molecular formula is C32H54O7. The van der Waals surface area contributed by atoms with E-state index in [0.717, 1.165) is 51.4 Å². The molecular weight excluding hydrogens is 496 g/mol. The van der Waals surface area contributed by atoms with Gasteiger partial charge in [-0.3, -0.25) is 9.59 Å². The van der Waals surface area contributed by atoms with E-state index in [9.17, 15) is 9.59 Å². The molecule has 4 aliphatic rings. The second-order valence-corrected chi connectivity index (χ2v) is 12.3. The van der Waals surface area contributed by atoms with E-state index >= 15 is 0 Å². The standard InChI is InChI=1S/C32H54O7/c1-3-5-9-15-25-27(37-25)17-11-7-13-19-35-31(33)23-21-29-30(39-29)22-24(23)32(34)36-20-14-8-12-18-28-26(38-28)16-10-6-4-2/h23-30H,3-22H2,1-2H3. The Bertz CT molecular complexity index is 682. The molecule has 224 valence electrons. The third-order valence-corrected chi connectivity index (χ3v) is 9.07. The third kappa shape index (κ3) is 10.6. The Morgan fingerprint density at radius 1 is 0.538 bits per heavy atom. The molecule has 3 aliphatic heterocycles. The van der Waals surface area contributed by atoms with Gasteiger partial charge >= 0.3 is 11.9 Å². The van der Waals surface area contributed by atoms with Crippen LogP contribution in [0.2, 0.25) is 0 Å². The van der Waals surface area contributed by atoms with E-state index in [0.29, 0.717) is 50.5 Å². The summed E-state index contributed by atoms with van der Waals surface area (Å²) in [5.74, 6) is -1.40. The molecule has 0 radical (unpaired) electrons. The fraction of sp³-hybridized carbons (Fsp3) is 0.938. The summed E-state index contributed by atoms with van der Waals surface area (Å²) in [5.41, 5.74) is 0. The molecule has 1 aliphatic carbocycles. The van der Waals surface area contributed by atoms with Crippen molar-refractivity contribution < 1.29 is 33.3 Å². The van der Waals surface area contributed by atoms with E-state index < -0.39 is 11.8 Å². The lowest BCUT2D eigenvalue weighted by Crippen LogP contribution is -2.37. The molecule has 0 amide bonds. The van der Waals surface area contributed by atoms with E-state index in [-0.39, 0.29) is 24.1 Å². The van der Waals surface area contributed by atoms with E-state index in [4.69, 9.17) is 23.7 Å². The molecule has 4 fully saturated rings. The van der Waals surface area contributed by atoms with Crippen LogP contribution in [0.25, 0.3) is 0 Å². The van der Waals surface area contributed by atoms with Crippen molar-refractivity contribution in [1.82, 2.24) is 0 Å². The summed E-state index contributed by atoms with van der Waals surface area (Å²) in [6.45, 7) is 5.29. The van der Waals surface area contributed by atoms with Crippen molar-refractivity contribution in [3.63, 3.8) is 0 Å². The highest BCUT2D eigenvalue weighted by atomic mass is 16.6. The van der Waals surface area contributed by atoms with Gasteiger partial charge in [-0.25, -0.2) is 0 Å². The predicted octanol–water partition coefficient (Wildman–Crippen LogP) is 6.68. The SMILES string of the molecule is CCCCCC1OC1CCCCCOC(=O)C1CC2OC2CC1C(=O)OCCCCCC1OC1CCCCC. The zero-order valence-corrected chi connectivity index (χ0v) is 24.6. The summed E-state index contributed by atoms with van der Waals surface area (Å²) in [7, 11) is 0. The zero-order chi connectivity index (χ0) is 27.5. The average Bonchev–Trinajstić information content (AvgIpc) is 3.83. The maximum absolute atomic E-state index is 12.9. The molecule has 7 nitrogen and oxygen atoms in total. The first-order valence-corrected chi connectivity index (χ1v) is 16.4. The van der Waals surface area contributed by atoms with Crippen molar-refractivity contribution in [2.75, 3.05) is 13.2 Å². The normalized spacial score (nSPS) is 32.4. The highest BCUT2D eigenvalue weighted by molar-refractivity contribution is 5.82. The van der Waals surface area contributed by atoms with Crippen molar-refractivity contribution in [3.05, 3.63) is 0 Å². The lowest BCUT2D eigenvalue weighted by atomic mass is 9.79. The molecule has 8 unspecified atom stereocenters. The van der Waals surface area contributed by atoms with Gasteiger partial charge in [-0.1, -0.05) is 65.2 Å². The van der Waals surface area contributed by atoms with Gasteiger partial charge in [0.25, 0.3) is 0 Å². The van der Waals surface area contributed by atoms with Gasteiger partial charge < -0.3 is 23.7 Å². The third-order valence-electron chi connectivity index (χ3n) is 9.07. The van der Waals surface area contributed by atoms with Crippen molar-refractivity contribution in [2.45, 2.75) is 166 Å². The van der Waals surface area contributed by atoms with Gasteiger partial charge in [0.1, 0.15) is 0 Å². The second-order valence-electron chi connectivity index (χ2n) is 12.3. The fourth-order valence-electron chi connectivity index (χ4n) is 6.32. The van der Waals surface area contributed by atoms with Crippen LogP contribution >= 0.6 is 0 Å². The molecule has 0 N–H and O–H groups in total. The Balaban J connectivity index is 1.02. The van der Waals surface area contributed by atoms with Gasteiger partial charge in [-0.15, -0.1) is 0 Å². The molecule has 8 atom stereocenters. The highest BCUT2D eigenvalue weighted by Gasteiger charge is 2.53. The summed E-state index contributed by atoms with van der Waals surface area (Å²) >= 11 is 0. The molecule has 0 aromatic heterocycles. The number of epoxide rings is 3. The van der Waals surface area contributed by atoms with E-state index in [2.05, 4.69) is 13.8 Å². The smallest absolute Gasteiger partial charge is 0.309 e. The summed E-state index contributed by atoms with van der Waals surface area (Å²) in [6.07, 6.45) is 21.4. The minimum Gasteiger partial charge on any atom is -0.465 e. The van der Waals surface area contributed by atoms with Crippen LogP contribution in [-0.2, 0) is 33.3 Å². The molecule has 0 spiro atoms. The van der Waals surface area contributed by atoms with Crippen molar-refractivity contribution >= 4 is 11.9 Å². The Kier molecular flexibility index (Phi) is 12.9. The minimum absolute atomic E-state index is 0.103. The Morgan fingerprint density at radius 3 is 1.31 bits per heavy atom. The van der Waals surface area contributed by atoms with Crippen LogP contribution in [0.15, 0.2) is 0 Å². The van der Waals surface area contributed by atoms with Crippen molar-refractivity contribution in [3.8, 4) is 0 Å². The maximum Gasteiger partial charge on any atom is 0.309 e. The van der Waals surface area contributed by atoms with Crippen LogP contribution in [-0.4, -0.2) is 61.8 Å². The van der Waals surface area contributed by atoms with Crippen molar-refractivity contribution in [2.24, 2.45) is 11.8 Å². The number of hydrogen-bond donors (Lipinski definition) is 0. The Labute approximate surface area is 236 Å². The number of fused-ring (bicyclic) bond motifs is 1. The van der Waals surface area contributed by atoms with Gasteiger partial charge in [0.15, 0.2) is 0 Å². The average molecular weight is 551 g/mol. The van der Waals surface area contributed by atoms with Crippen LogP contribution in [0.5, 0.6) is 0 Å². The summed E-state index contributed by atoms with van der Waals surface area (Å²) in [6, 6.07) is 0. The van der Waals surface area contributed by atoms with Gasteiger partial charge in [0.05, 0.1) is 61.7 Å². The van der Waals surface area contributed by atoms with Gasteiger partial charge in [0.2, 0.25) is 0 Å². The maximum atomic E-state index is 12.9. The molecule has 3 saturated heterocycles. The zero-order valence-electron chi connectivity index (χ0n) is 24.6. The van der Waals surface area contributed by atoms with E-state index in [1.807, 2.05) is 0 Å². The number of hydrogen-bond acceptors (Lipinski definition) is 7. The van der Waals surface area contributed by atoms with Crippen LogP contribution in [0.1, 0.15) is 129 Å². The lowest BCUT2D eigenvalue weighted by Gasteiger charge is -2.26. The quantitative estimate of drug-likeness (QED) is 0.0843. The van der Waals surface area contributed by atoms with Crippen LogP contribution in [0.4, 0.5) is 0 Å². The minimum atomic E-state index is -0.443. The topological polar surface area (TPSA) is 90.2 Å². The number of ether oxygens (including phenoxy) is 5. The monoisotopic (exact) mass is 550 g/mol. The molecule has 0 bridgehead atoms. The number of carbonyl (C=O) groups is 2. The predicted molar refractivity (Wildman–Crippen MR) is 149 cm³/mol. The molecule has 0 aromatic rings. The molecule has 1 saturated carbocycles. The number of unbranched alkanes of at least 4 members (excludes halogenated alkanes) is 8. The van der Waals surface area contributed by atoms with E-state index in [1.54, 1.807) is 0 Å². The van der Waals surface area contributed by atoms with Gasteiger partial charge in [-0.2, -0.15) is 0 Å². The second kappa shape index (κ2) is 16.3. The first kappa shape index (κ1) is 30.8. The van der Waals surface area contributed by atoms with Crippen LogP contribution < -0.4 is 0 Å². The molecule has 39 heavy (non-hydrogen) atoms. The van der Waals surface area contributed by atoms with Gasteiger partial charge in [0, 0.05) is 0 Å². The molecule has 3 heterocycles. The fourth-order valence-corrected chi connectivity index (χ4v) is 6.32. The lowest BCUT2D eigenvalue weighted by molar-refractivity contribution is -0.162. The van der Waals surface area contributed by atoms with Crippen molar-refractivity contribution in [1.29, 1.82) is 0 Å². The summed E-state index contributed by atoms with van der Waals surface area (Å²) in [4.78, 5) is 25.7. The summed E-state index contributed by atoms with van der Waals surface area (Å²) in [5, 5.41) is 0. The first-order chi connectivity index (χ1) is 19.1. The molecule has 0 aromatic carbocycles. The largest absolute Gasteiger partial charge is 0.465 e. The molecule has 4 rings (SSSR count). The van der Waals surface area contributed by atoms with Crippen LogP contribution in [0, 0.1) is 11.8 Å².